The maximum Gasteiger partial charge on any atom is 0.255 e. The lowest BCUT2D eigenvalue weighted by Crippen LogP contribution is -2.23. The first-order valence-electron chi connectivity index (χ1n) is 7.93. The highest BCUT2D eigenvalue weighted by Crippen LogP contribution is 2.28. The average Bonchev–Trinajstić information content (AvgIpc) is 3.22. The zero-order chi connectivity index (χ0) is 17.4. The number of aromatic amines is 2. The molecule has 0 aliphatic rings. The summed E-state index contributed by atoms with van der Waals surface area (Å²) < 4.78 is 0. The average molecular weight is 355 g/mol. The van der Waals surface area contributed by atoms with Gasteiger partial charge in [-0.15, -0.1) is 0 Å². The molecule has 1 aromatic carbocycles. The van der Waals surface area contributed by atoms with Crippen molar-refractivity contribution >= 4 is 39.6 Å². The second-order valence-electron chi connectivity index (χ2n) is 5.67. The van der Waals surface area contributed by atoms with Crippen LogP contribution in [0, 0.1) is 0 Å². The summed E-state index contributed by atoms with van der Waals surface area (Å²) in [7, 11) is 0. The number of nitrogens with one attached hydrogen (secondary N) is 3. The van der Waals surface area contributed by atoms with E-state index in [1.54, 1.807) is 24.5 Å². The lowest BCUT2D eigenvalue weighted by Gasteiger charge is -2.02. The van der Waals surface area contributed by atoms with Gasteiger partial charge in [0.25, 0.3) is 5.91 Å². The number of fused-ring (bicyclic) bond motifs is 2. The van der Waals surface area contributed by atoms with Gasteiger partial charge in [0.05, 0.1) is 17.3 Å². The van der Waals surface area contributed by atoms with Crippen molar-refractivity contribution in [1.82, 2.24) is 30.5 Å². The van der Waals surface area contributed by atoms with E-state index in [2.05, 4.69) is 30.5 Å². The molecule has 0 spiro atoms. The quantitative estimate of drug-likeness (QED) is 0.523. The standard InChI is InChI=1S/C17H15ClN6O/c1-2-5-19-17(25)11-7-20-16-15(11)22-13(8-21-16)14-10-4-3-9(18)6-12(10)23-24-14/h3-4,6-8H,2,5H2,1H3,(H,19,25)(H,20,21)(H,23,24). The van der Waals surface area contributed by atoms with Crippen LogP contribution in [0.15, 0.2) is 30.6 Å². The smallest absolute Gasteiger partial charge is 0.255 e. The maximum absolute atomic E-state index is 12.3. The lowest BCUT2D eigenvalue weighted by atomic mass is 10.1. The van der Waals surface area contributed by atoms with Crippen molar-refractivity contribution in [3.63, 3.8) is 0 Å². The van der Waals surface area contributed by atoms with Gasteiger partial charge < -0.3 is 10.3 Å². The molecule has 0 unspecified atom stereocenters. The largest absolute Gasteiger partial charge is 0.352 e. The van der Waals surface area contributed by atoms with Crippen LogP contribution in [0.2, 0.25) is 5.02 Å². The van der Waals surface area contributed by atoms with E-state index in [1.165, 1.54) is 0 Å². The minimum Gasteiger partial charge on any atom is -0.352 e. The first-order chi connectivity index (χ1) is 12.2. The molecule has 1 amide bonds. The van der Waals surface area contributed by atoms with Gasteiger partial charge in [-0.05, 0) is 24.6 Å². The number of hydrogen-bond donors (Lipinski definition) is 3. The Hall–Kier alpha value is -2.93. The molecular weight excluding hydrogens is 340 g/mol. The Morgan fingerprint density at radius 1 is 1.36 bits per heavy atom. The molecule has 0 fully saturated rings. The molecule has 3 aromatic heterocycles. The topological polar surface area (TPSA) is 99.4 Å². The highest BCUT2D eigenvalue weighted by molar-refractivity contribution is 6.31. The molecule has 0 bridgehead atoms. The zero-order valence-corrected chi connectivity index (χ0v) is 14.2. The van der Waals surface area contributed by atoms with Crippen molar-refractivity contribution in [2.24, 2.45) is 0 Å². The second-order valence-corrected chi connectivity index (χ2v) is 6.11. The van der Waals surface area contributed by atoms with Crippen LogP contribution in [0.3, 0.4) is 0 Å². The first-order valence-corrected chi connectivity index (χ1v) is 8.31. The van der Waals surface area contributed by atoms with Gasteiger partial charge in [-0.2, -0.15) is 5.10 Å². The number of carbonyl (C=O) groups is 1. The number of benzene rings is 1. The van der Waals surface area contributed by atoms with Crippen molar-refractivity contribution in [2.45, 2.75) is 13.3 Å². The van der Waals surface area contributed by atoms with Crippen LogP contribution in [-0.2, 0) is 0 Å². The van der Waals surface area contributed by atoms with E-state index in [0.29, 0.717) is 39.7 Å². The summed E-state index contributed by atoms with van der Waals surface area (Å²) in [6.07, 6.45) is 4.13. The molecule has 0 aliphatic carbocycles. The molecule has 0 saturated carbocycles. The molecule has 3 heterocycles. The van der Waals surface area contributed by atoms with E-state index in [1.807, 2.05) is 13.0 Å². The van der Waals surface area contributed by atoms with Gasteiger partial charge in [0.15, 0.2) is 5.65 Å². The van der Waals surface area contributed by atoms with E-state index in [9.17, 15) is 4.79 Å². The SMILES string of the molecule is CCCNC(=O)c1c[nH]c2ncc(-c3n[nH]c4cc(Cl)ccc34)nc12. The summed E-state index contributed by atoms with van der Waals surface area (Å²) in [4.78, 5) is 24.2. The maximum atomic E-state index is 12.3. The summed E-state index contributed by atoms with van der Waals surface area (Å²) in [5.41, 5.74) is 3.64. The van der Waals surface area contributed by atoms with Crippen LogP contribution in [0.4, 0.5) is 0 Å². The van der Waals surface area contributed by atoms with Crippen LogP contribution in [0.5, 0.6) is 0 Å². The number of aromatic nitrogens is 5. The minimum absolute atomic E-state index is 0.168. The summed E-state index contributed by atoms with van der Waals surface area (Å²) in [5.74, 6) is -0.168. The monoisotopic (exact) mass is 354 g/mol. The van der Waals surface area contributed by atoms with Crippen molar-refractivity contribution in [1.29, 1.82) is 0 Å². The van der Waals surface area contributed by atoms with Crippen molar-refractivity contribution in [3.05, 3.63) is 41.2 Å². The number of hydrogen-bond acceptors (Lipinski definition) is 4. The number of rotatable bonds is 4. The Kier molecular flexibility index (Phi) is 3.85. The molecule has 0 radical (unpaired) electrons. The van der Waals surface area contributed by atoms with Crippen molar-refractivity contribution in [2.75, 3.05) is 6.54 Å². The van der Waals surface area contributed by atoms with Gasteiger partial charge in [0.2, 0.25) is 0 Å². The molecular formula is C17H15ClN6O. The second kappa shape index (κ2) is 6.18. The predicted octanol–water partition coefficient (Wildman–Crippen LogP) is 3.29. The van der Waals surface area contributed by atoms with E-state index >= 15 is 0 Å². The fourth-order valence-electron chi connectivity index (χ4n) is 2.70. The molecule has 0 saturated heterocycles. The predicted molar refractivity (Wildman–Crippen MR) is 96.6 cm³/mol. The van der Waals surface area contributed by atoms with E-state index in [-0.39, 0.29) is 5.91 Å². The van der Waals surface area contributed by atoms with Crippen molar-refractivity contribution in [3.8, 4) is 11.4 Å². The van der Waals surface area contributed by atoms with Crippen LogP contribution >= 0.6 is 11.6 Å². The Morgan fingerprint density at radius 2 is 2.24 bits per heavy atom. The fourth-order valence-corrected chi connectivity index (χ4v) is 2.87. The van der Waals surface area contributed by atoms with E-state index in [0.717, 1.165) is 17.3 Å². The van der Waals surface area contributed by atoms with Gasteiger partial charge in [-0.25, -0.2) is 9.97 Å². The van der Waals surface area contributed by atoms with Crippen LogP contribution in [0.25, 0.3) is 33.5 Å². The third-order valence-corrected chi connectivity index (χ3v) is 4.16. The number of H-pyrrole nitrogens is 2. The molecule has 25 heavy (non-hydrogen) atoms. The number of amides is 1. The molecule has 3 N–H and O–H groups in total. The van der Waals surface area contributed by atoms with Crippen molar-refractivity contribution < 1.29 is 4.79 Å². The van der Waals surface area contributed by atoms with Gasteiger partial charge in [0.1, 0.15) is 16.9 Å². The number of halogens is 1. The van der Waals surface area contributed by atoms with E-state index < -0.39 is 0 Å². The van der Waals surface area contributed by atoms with Gasteiger partial charge in [-0.3, -0.25) is 9.89 Å². The summed E-state index contributed by atoms with van der Waals surface area (Å²) in [5, 5.41) is 11.6. The summed E-state index contributed by atoms with van der Waals surface area (Å²) >= 11 is 6.01. The number of nitrogens with zero attached hydrogens (tertiary/aromatic N) is 3. The van der Waals surface area contributed by atoms with Gasteiger partial charge >= 0.3 is 0 Å². The fraction of sp³-hybridized carbons (Fsp3) is 0.176. The zero-order valence-electron chi connectivity index (χ0n) is 13.4. The van der Waals surface area contributed by atoms with Crippen LogP contribution in [-0.4, -0.2) is 37.6 Å². The third-order valence-electron chi connectivity index (χ3n) is 3.93. The van der Waals surface area contributed by atoms with E-state index in [4.69, 9.17) is 11.6 Å². The third kappa shape index (κ3) is 2.72. The molecule has 7 nitrogen and oxygen atoms in total. The Labute approximate surface area is 147 Å². The minimum atomic E-state index is -0.168. The molecule has 0 atom stereocenters. The van der Waals surface area contributed by atoms with Gasteiger partial charge in [0, 0.05) is 23.2 Å². The first kappa shape index (κ1) is 15.6. The summed E-state index contributed by atoms with van der Waals surface area (Å²) in [6, 6.07) is 5.49. The summed E-state index contributed by atoms with van der Waals surface area (Å²) in [6.45, 7) is 2.62. The Balaban J connectivity index is 1.81. The molecule has 126 valence electrons. The van der Waals surface area contributed by atoms with Crippen LogP contribution < -0.4 is 5.32 Å². The Bertz CT molecular complexity index is 1080. The molecule has 4 rings (SSSR count). The highest BCUT2D eigenvalue weighted by atomic mass is 35.5. The molecule has 4 aromatic rings. The highest BCUT2D eigenvalue weighted by Gasteiger charge is 2.17. The Morgan fingerprint density at radius 3 is 3.08 bits per heavy atom. The normalized spacial score (nSPS) is 11.3. The number of carbonyl (C=O) groups excluding carboxylic acids is 1. The molecule has 0 aliphatic heterocycles. The van der Waals surface area contributed by atoms with Crippen LogP contribution in [0.1, 0.15) is 23.7 Å². The lowest BCUT2D eigenvalue weighted by molar-refractivity contribution is 0.0955. The van der Waals surface area contributed by atoms with Gasteiger partial charge in [-0.1, -0.05) is 18.5 Å². The molecule has 8 heteroatoms.